The summed E-state index contributed by atoms with van der Waals surface area (Å²) < 4.78 is 38.6. The summed E-state index contributed by atoms with van der Waals surface area (Å²) in [4.78, 5) is 11.9. The number of nitrogens with zero attached hydrogens (tertiary/aromatic N) is 1. The Balaban J connectivity index is 3.09. The molecule has 1 saturated heterocycles. The molecule has 1 aliphatic rings. The number of halogens is 3. The Kier molecular flexibility index (Phi) is 3.61. The first kappa shape index (κ1) is 14.1. The van der Waals surface area contributed by atoms with Crippen LogP contribution in [0.2, 0.25) is 0 Å². The number of amides is 1. The molecule has 2 atom stereocenters. The molecule has 7 heteroatoms. The van der Waals surface area contributed by atoms with Gasteiger partial charge in [-0.1, -0.05) is 20.8 Å². The van der Waals surface area contributed by atoms with Crippen molar-refractivity contribution in [1.82, 2.24) is 10.2 Å². The van der Waals surface area contributed by atoms with E-state index in [2.05, 4.69) is 5.32 Å². The summed E-state index contributed by atoms with van der Waals surface area (Å²) in [6.45, 7) is 4.92. The first-order valence-corrected chi connectivity index (χ1v) is 5.35. The Hall–Kier alpha value is -0.980. The fourth-order valence-corrected chi connectivity index (χ4v) is 2.25. The zero-order chi connectivity index (χ0) is 13.4. The summed E-state index contributed by atoms with van der Waals surface area (Å²) in [5.41, 5.74) is -0.786. The molecule has 0 aromatic rings. The van der Waals surface area contributed by atoms with Gasteiger partial charge in [0.15, 0.2) is 0 Å². The van der Waals surface area contributed by atoms with E-state index in [1.54, 1.807) is 20.8 Å². The van der Waals surface area contributed by atoms with Gasteiger partial charge in [0.2, 0.25) is 0 Å². The van der Waals surface area contributed by atoms with Gasteiger partial charge in [-0.15, -0.1) is 0 Å². The first-order valence-electron chi connectivity index (χ1n) is 5.35. The van der Waals surface area contributed by atoms with Gasteiger partial charge in [-0.25, -0.2) is 4.79 Å². The van der Waals surface area contributed by atoms with Crippen LogP contribution in [0.1, 0.15) is 20.8 Å². The smallest absolute Gasteiger partial charge is 0.407 e. The molecular formula is C10H17F3N2O2. The van der Waals surface area contributed by atoms with Crippen LogP contribution in [0.3, 0.4) is 0 Å². The van der Waals surface area contributed by atoms with Crippen LogP contribution in [0, 0.1) is 5.41 Å². The second kappa shape index (κ2) is 4.36. The Morgan fingerprint density at radius 1 is 1.35 bits per heavy atom. The number of carbonyl (C=O) groups is 1. The van der Waals surface area contributed by atoms with E-state index in [9.17, 15) is 18.0 Å². The van der Waals surface area contributed by atoms with E-state index in [4.69, 9.17) is 5.11 Å². The molecule has 0 spiro atoms. The molecule has 1 unspecified atom stereocenters. The second-order valence-electron chi connectivity index (χ2n) is 5.26. The molecule has 0 bridgehead atoms. The van der Waals surface area contributed by atoms with Gasteiger partial charge in [-0.2, -0.15) is 13.2 Å². The van der Waals surface area contributed by atoms with Crippen LogP contribution in [0.4, 0.5) is 18.0 Å². The second-order valence-corrected chi connectivity index (χ2v) is 5.26. The maximum Gasteiger partial charge on any atom is 0.407 e. The highest BCUT2D eigenvalue weighted by Gasteiger charge is 2.53. The molecule has 17 heavy (non-hydrogen) atoms. The van der Waals surface area contributed by atoms with E-state index in [0.29, 0.717) is 0 Å². The molecule has 100 valence electrons. The van der Waals surface area contributed by atoms with Crippen LogP contribution in [-0.4, -0.2) is 47.4 Å². The number of piperazine rings is 1. The Morgan fingerprint density at radius 2 is 1.88 bits per heavy atom. The zero-order valence-electron chi connectivity index (χ0n) is 10.0. The maximum absolute atomic E-state index is 12.9. The van der Waals surface area contributed by atoms with Gasteiger partial charge in [-0.3, -0.25) is 0 Å². The topological polar surface area (TPSA) is 52.6 Å². The normalized spacial score (nSPS) is 27.1. The van der Waals surface area contributed by atoms with Gasteiger partial charge < -0.3 is 15.3 Å². The first-order chi connectivity index (χ1) is 7.55. The minimum atomic E-state index is -4.45. The van der Waals surface area contributed by atoms with Crippen molar-refractivity contribution in [1.29, 1.82) is 0 Å². The number of hydrogen-bond donors (Lipinski definition) is 2. The van der Waals surface area contributed by atoms with Crippen molar-refractivity contribution < 1.29 is 23.1 Å². The third-order valence-corrected chi connectivity index (χ3v) is 2.85. The van der Waals surface area contributed by atoms with E-state index in [-0.39, 0.29) is 13.1 Å². The van der Waals surface area contributed by atoms with E-state index < -0.39 is 29.8 Å². The van der Waals surface area contributed by atoms with Gasteiger partial charge in [0.1, 0.15) is 6.04 Å². The molecule has 2 N–H and O–H groups in total. The summed E-state index contributed by atoms with van der Waals surface area (Å²) >= 11 is 0. The third-order valence-electron chi connectivity index (χ3n) is 2.85. The Morgan fingerprint density at radius 3 is 2.24 bits per heavy atom. The van der Waals surface area contributed by atoms with Crippen LogP contribution in [0.15, 0.2) is 0 Å². The van der Waals surface area contributed by atoms with Crippen LogP contribution < -0.4 is 5.32 Å². The van der Waals surface area contributed by atoms with Crippen LogP contribution >= 0.6 is 0 Å². The third kappa shape index (κ3) is 3.02. The van der Waals surface area contributed by atoms with Crippen molar-refractivity contribution in [3.63, 3.8) is 0 Å². The Labute approximate surface area is 97.8 Å². The molecule has 0 radical (unpaired) electrons. The van der Waals surface area contributed by atoms with Crippen LogP contribution in [-0.2, 0) is 0 Å². The summed E-state index contributed by atoms with van der Waals surface area (Å²) in [5.74, 6) is 0. The van der Waals surface area contributed by atoms with Crippen molar-refractivity contribution in [2.24, 2.45) is 5.41 Å². The minimum Gasteiger partial charge on any atom is -0.465 e. The number of alkyl halides is 3. The average Bonchev–Trinajstić information content (AvgIpc) is 2.13. The van der Waals surface area contributed by atoms with Crippen LogP contribution in [0.25, 0.3) is 0 Å². The number of rotatable bonds is 0. The number of nitrogens with one attached hydrogen (secondary N) is 1. The molecule has 0 aliphatic carbocycles. The molecule has 0 aromatic carbocycles. The largest absolute Gasteiger partial charge is 0.465 e. The molecule has 1 fully saturated rings. The van der Waals surface area contributed by atoms with Crippen molar-refractivity contribution >= 4 is 6.09 Å². The molecule has 1 amide bonds. The lowest BCUT2D eigenvalue weighted by molar-refractivity contribution is -0.184. The highest BCUT2D eigenvalue weighted by atomic mass is 19.4. The van der Waals surface area contributed by atoms with Crippen molar-refractivity contribution in [3.05, 3.63) is 0 Å². The zero-order valence-corrected chi connectivity index (χ0v) is 10.0. The van der Waals surface area contributed by atoms with Crippen molar-refractivity contribution in [3.8, 4) is 0 Å². The van der Waals surface area contributed by atoms with Crippen LogP contribution in [0.5, 0.6) is 0 Å². The van der Waals surface area contributed by atoms with Gasteiger partial charge in [0.05, 0.1) is 6.04 Å². The minimum absolute atomic E-state index is 0.0169. The molecule has 4 nitrogen and oxygen atoms in total. The predicted molar refractivity (Wildman–Crippen MR) is 55.8 cm³/mol. The van der Waals surface area contributed by atoms with E-state index >= 15 is 0 Å². The fourth-order valence-electron chi connectivity index (χ4n) is 2.25. The molecular weight excluding hydrogens is 237 g/mol. The number of carboxylic acid groups (broad SMARTS) is 1. The lowest BCUT2D eigenvalue weighted by atomic mass is 9.80. The maximum atomic E-state index is 12.9. The Bertz CT molecular complexity index is 299. The average molecular weight is 254 g/mol. The molecule has 1 rings (SSSR count). The summed E-state index contributed by atoms with van der Waals surface area (Å²) in [6, 6.07) is -2.93. The molecule has 0 aromatic heterocycles. The van der Waals surface area contributed by atoms with Gasteiger partial charge >= 0.3 is 12.3 Å². The standard InChI is InChI=1S/C10H17F3N2O2/c1-9(2,3)7-6(10(11,12)13)14-4-5-15(7)8(16)17/h6-7,14H,4-5H2,1-3H3,(H,16,17)/t6?,7-/m0/s1. The van der Waals surface area contributed by atoms with E-state index in [0.717, 1.165) is 4.90 Å². The molecule has 1 aliphatic heterocycles. The van der Waals surface area contributed by atoms with E-state index in [1.807, 2.05) is 0 Å². The number of hydrogen-bond acceptors (Lipinski definition) is 2. The predicted octanol–water partition coefficient (Wildman–Crippen LogP) is 1.92. The quantitative estimate of drug-likeness (QED) is 0.694. The van der Waals surface area contributed by atoms with E-state index in [1.165, 1.54) is 0 Å². The monoisotopic (exact) mass is 254 g/mol. The highest BCUT2D eigenvalue weighted by Crippen LogP contribution is 2.36. The molecule has 1 heterocycles. The summed E-state index contributed by atoms with van der Waals surface area (Å²) in [5, 5.41) is 11.4. The van der Waals surface area contributed by atoms with Gasteiger partial charge in [-0.05, 0) is 5.41 Å². The summed E-state index contributed by atoms with van der Waals surface area (Å²) in [6.07, 6.45) is -5.76. The highest BCUT2D eigenvalue weighted by molar-refractivity contribution is 5.66. The van der Waals surface area contributed by atoms with Crippen molar-refractivity contribution in [2.75, 3.05) is 13.1 Å². The lowest BCUT2D eigenvalue weighted by Gasteiger charge is -2.47. The molecule has 0 saturated carbocycles. The fraction of sp³-hybridized carbons (Fsp3) is 0.900. The van der Waals surface area contributed by atoms with Gasteiger partial charge in [0.25, 0.3) is 0 Å². The summed E-state index contributed by atoms with van der Waals surface area (Å²) in [7, 11) is 0. The van der Waals surface area contributed by atoms with Crippen molar-refractivity contribution in [2.45, 2.75) is 39.0 Å². The lowest BCUT2D eigenvalue weighted by Crippen LogP contribution is -2.68. The SMILES string of the molecule is CC(C)(C)[C@@H]1C(C(F)(F)F)NCCN1C(=O)O. The van der Waals surface area contributed by atoms with Gasteiger partial charge in [0, 0.05) is 13.1 Å².